The van der Waals surface area contributed by atoms with Crippen LogP contribution in [0.4, 0.5) is 0 Å². The molecule has 23 heavy (non-hydrogen) atoms. The lowest BCUT2D eigenvalue weighted by Gasteiger charge is -2.13. The van der Waals surface area contributed by atoms with Gasteiger partial charge < -0.3 is 9.72 Å². The van der Waals surface area contributed by atoms with Crippen LogP contribution in [0.5, 0.6) is 5.75 Å². The zero-order chi connectivity index (χ0) is 16.0. The Labute approximate surface area is 131 Å². The van der Waals surface area contributed by atoms with Crippen molar-refractivity contribution in [2.24, 2.45) is 0 Å². The van der Waals surface area contributed by atoms with Crippen LogP contribution >= 0.6 is 0 Å². The first-order valence-electron chi connectivity index (χ1n) is 7.72. The average Bonchev–Trinajstić information content (AvgIpc) is 2.92. The van der Waals surface area contributed by atoms with Gasteiger partial charge in [0.25, 0.3) is 5.56 Å². The summed E-state index contributed by atoms with van der Waals surface area (Å²) < 4.78 is 6.52. The van der Waals surface area contributed by atoms with Crippen LogP contribution < -0.4 is 15.7 Å². The van der Waals surface area contributed by atoms with E-state index in [-0.39, 0.29) is 16.4 Å². The predicted octanol–water partition coefficient (Wildman–Crippen LogP) is 1.89. The van der Waals surface area contributed by atoms with E-state index in [1.54, 1.807) is 31.4 Å². The number of benzene rings is 1. The van der Waals surface area contributed by atoms with Gasteiger partial charge in [0, 0.05) is 11.3 Å². The number of hydrogen-bond acceptors (Lipinski definition) is 3. The molecule has 1 aliphatic rings. The molecule has 0 saturated heterocycles. The maximum atomic E-state index is 12.7. The SMILES string of the molecule is COc1ccc(-n2[nH]c3[nH]c4c(c(=O)c3c2=O)CCCC4)cc1. The minimum Gasteiger partial charge on any atom is -0.497 e. The molecule has 0 fully saturated rings. The van der Waals surface area contributed by atoms with Crippen LogP contribution in [0.15, 0.2) is 33.9 Å². The molecule has 0 aliphatic heterocycles. The summed E-state index contributed by atoms with van der Waals surface area (Å²) in [5.41, 5.74) is 2.43. The van der Waals surface area contributed by atoms with Crippen LogP contribution in [0, 0.1) is 0 Å². The van der Waals surface area contributed by atoms with E-state index < -0.39 is 0 Å². The van der Waals surface area contributed by atoms with E-state index in [1.807, 2.05) is 0 Å². The van der Waals surface area contributed by atoms with Gasteiger partial charge in [0.05, 0.1) is 12.8 Å². The smallest absolute Gasteiger partial charge is 0.284 e. The van der Waals surface area contributed by atoms with E-state index in [9.17, 15) is 9.59 Å². The Hall–Kier alpha value is -2.76. The Kier molecular flexibility index (Phi) is 3.11. The zero-order valence-electron chi connectivity index (χ0n) is 12.8. The molecule has 0 amide bonds. The fourth-order valence-corrected chi connectivity index (χ4v) is 3.25. The third-order valence-corrected chi connectivity index (χ3v) is 4.47. The van der Waals surface area contributed by atoms with Gasteiger partial charge >= 0.3 is 0 Å². The summed E-state index contributed by atoms with van der Waals surface area (Å²) in [6, 6.07) is 7.11. The van der Waals surface area contributed by atoms with Gasteiger partial charge in [0.15, 0.2) is 5.43 Å². The van der Waals surface area contributed by atoms with Crippen LogP contribution in [0.3, 0.4) is 0 Å². The maximum absolute atomic E-state index is 12.7. The third kappa shape index (κ3) is 2.10. The van der Waals surface area contributed by atoms with Gasteiger partial charge in [-0.3, -0.25) is 14.7 Å². The van der Waals surface area contributed by atoms with Gasteiger partial charge in [-0.2, -0.15) is 0 Å². The van der Waals surface area contributed by atoms with Gasteiger partial charge in [0.2, 0.25) is 0 Å². The van der Waals surface area contributed by atoms with Gasteiger partial charge in [-0.05, 0) is 49.9 Å². The molecule has 0 radical (unpaired) electrons. The van der Waals surface area contributed by atoms with Crippen molar-refractivity contribution in [2.75, 3.05) is 7.11 Å². The Balaban J connectivity index is 1.95. The second-order valence-electron chi connectivity index (χ2n) is 5.82. The molecular formula is C17H17N3O3. The minimum atomic E-state index is -0.320. The molecule has 1 aliphatic carbocycles. The van der Waals surface area contributed by atoms with Crippen molar-refractivity contribution in [3.63, 3.8) is 0 Å². The van der Waals surface area contributed by atoms with Gasteiger partial charge in [0.1, 0.15) is 16.8 Å². The van der Waals surface area contributed by atoms with Gasteiger partial charge in [-0.25, -0.2) is 4.68 Å². The Morgan fingerprint density at radius 3 is 2.57 bits per heavy atom. The number of methoxy groups -OCH3 is 1. The molecular weight excluding hydrogens is 294 g/mol. The molecule has 0 bridgehead atoms. The van der Waals surface area contributed by atoms with E-state index >= 15 is 0 Å². The van der Waals surface area contributed by atoms with Crippen LogP contribution in [-0.4, -0.2) is 21.9 Å². The topological polar surface area (TPSA) is 79.9 Å². The molecule has 2 aromatic heterocycles. The van der Waals surface area contributed by atoms with Crippen LogP contribution in [0.25, 0.3) is 16.7 Å². The zero-order valence-corrected chi connectivity index (χ0v) is 12.8. The lowest BCUT2D eigenvalue weighted by Crippen LogP contribution is -2.23. The fourth-order valence-electron chi connectivity index (χ4n) is 3.25. The summed E-state index contributed by atoms with van der Waals surface area (Å²) >= 11 is 0. The van der Waals surface area contributed by atoms with E-state index in [1.165, 1.54) is 4.68 Å². The molecule has 0 saturated carbocycles. The number of aromatic nitrogens is 3. The van der Waals surface area contributed by atoms with Crippen molar-refractivity contribution in [3.05, 3.63) is 56.1 Å². The average molecular weight is 311 g/mol. The second-order valence-corrected chi connectivity index (χ2v) is 5.82. The number of nitrogens with zero attached hydrogens (tertiary/aromatic N) is 1. The highest BCUT2D eigenvalue weighted by Crippen LogP contribution is 2.19. The molecule has 2 N–H and O–H groups in total. The van der Waals surface area contributed by atoms with Crippen molar-refractivity contribution < 1.29 is 4.74 Å². The summed E-state index contributed by atoms with van der Waals surface area (Å²) in [5, 5.41) is 3.23. The van der Waals surface area contributed by atoms with Crippen molar-refractivity contribution in [3.8, 4) is 11.4 Å². The summed E-state index contributed by atoms with van der Waals surface area (Å²) in [7, 11) is 1.59. The summed E-state index contributed by atoms with van der Waals surface area (Å²) in [5.74, 6) is 0.712. The van der Waals surface area contributed by atoms with E-state index in [4.69, 9.17) is 4.74 Å². The molecule has 0 spiro atoms. The fraction of sp³-hybridized carbons (Fsp3) is 0.294. The summed E-state index contributed by atoms with van der Waals surface area (Å²) in [6.45, 7) is 0. The monoisotopic (exact) mass is 311 g/mol. The number of pyridine rings is 1. The normalized spacial score (nSPS) is 14.0. The van der Waals surface area contributed by atoms with Crippen molar-refractivity contribution >= 4 is 11.0 Å². The third-order valence-electron chi connectivity index (χ3n) is 4.47. The first kappa shape index (κ1) is 13.9. The lowest BCUT2D eigenvalue weighted by atomic mass is 9.95. The molecule has 0 atom stereocenters. The maximum Gasteiger partial charge on any atom is 0.284 e. The molecule has 2 heterocycles. The van der Waals surface area contributed by atoms with E-state index in [2.05, 4.69) is 10.1 Å². The highest BCUT2D eigenvalue weighted by Gasteiger charge is 2.20. The molecule has 4 rings (SSSR count). The molecule has 1 aromatic carbocycles. The molecule has 6 heteroatoms. The molecule has 0 unspecified atom stereocenters. The first-order chi connectivity index (χ1) is 11.2. The number of hydrogen-bond donors (Lipinski definition) is 2. The van der Waals surface area contributed by atoms with Crippen LogP contribution in [0.2, 0.25) is 0 Å². The number of rotatable bonds is 2. The number of ether oxygens (including phenoxy) is 1. The highest BCUT2D eigenvalue weighted by molar-refractivity contribution is 5.75. The number of aryl methyl sites for hydroxylation is 1. The lowest BCUT2D eigenvalue weighted by molar-refractivity contribution is 0.414. The molecule has 118 valence electrons. The summed E-state index contributed by atoms with van der Waals surface area (Å²) in [4.78, 5) is 28.6. The standard InChI is InChI=1S/C17H17N3O3/c1-23-11-8-6-10(7-9-11)20-17(22)14-15(21)12-4-2-3-5-13(12)18-16(14)19-20/h6-9H,2-5H2,1H3,(H2,18,19,21). The van der Waals surface area contributed by atoms with Gasteiger partial charge in [-0.1, -0.05) is 0 Å². The Morgan fingerprint density at radius 1 is 1.09 bits per heavy atom. The highest BCUT2D eigenvalue weighted by atomic mass is 16.5. The van der Waals surface area contributed by atoms with Crippen molar-refractivity contribution in [1.29, 1.82) is 0 Å². The first-order valence-corrected chi connectivity index (χ1v) is 7.72. The van der Waals surface area contributed by atoms with Crippen LogP contribution in [0.1, 0.15) is 24.1 Å². The molecule has 6 nitrogen and oxygen atoms in total. The van der Waals surface area contributed by atoms with Crippen molar-refractivity contribution in [2.45, 2.75) is 25.7 Å². The number of H-pyrrole nitrogens is 2. The molecule has 3 aromatic rings. The number of fused-ring (bicyclic) bond motifs is 2. The van der Waals surface area contributed by atoms with Crippen molar-refractivity contribution in [1.82, 2.24) is 14.8 Å². The largest absolute Gasteiger partial charge is 0.497 e. The predicted molar refractivity (Wildman–Crippen MR) is 87.7 cm³/mol. The second kappa shape index (κ2) is 5.15. The quantitative estimate of drug-likeness (QED) is 0.758. The van der Waals surface area contributed by atoms with Crippen LogP contribution in [-0.2, 0) is 12.8 Å². The summed E-state index contributed by atoms with van der Waals surface area (Å²) in [6.07, 6.45) is 3.67. The van der Waals surface area contributed by atoms with E-state index in [0.29, 0.717) is 17.1 Å². The minimum absolute atomic E-state index is 0.137. The van der Waals surface area contributed by atoms with E-state index in [0.717, 1.165) is 36.9 Å². The Morgan fingerprint density at radius 2 is 1.83 bits per heavy atom. The van der Waals surface area contributed by atoms with Gasteiger partial charge in [-0.15, -0.1) is 0 Å². The Bertz CT molecular complexity index is 993. The number of aromatic amines is 2. The number of nitrogens with one attached hydrogen (secondary N) is 2.